The summed E-state index contributed by atoms with van der Waals surface area (Å²) in [6, 6.07) is 9.10. The first-order valence-corrected chi connectivity index (χ1v) is 7.71. The van der Waals surface area contributed by atoms with E-state index in [-0.39, 0.29) is 0 Å². The zero-order valence-corrected chi connectivity index (χ0v) is 13.2. The zero-order chi connectivity index (χ0) is 13.9. The highest BCUT2D eigenvalue weighted by Gasteiger charge is 2.22. The quantitative estimate of drug-likeness (QED) is 0.932. The van der Waals surface area contributed by atoms with Crippen molar-refractivity contribution < 1.29 is 0 Å². The van der Waals surface area contributed by atoms with Crippen LogP contribution in [0.1, 0.15) is 12.1 Å². The van der Waals surface area contributed by atoms with Gasteiger partial charge in [-0.15, -0.1) is 0 Å². The molecule has 0 unspecified atom stereocenters. The van der Waals surface area contributed by atoms with E-state index in [0.29, 0.717) is 6.04 Å². The molecule has 1 aliphatic rings. The molecule has 1 saturated heterocycles. The lowest BCUT2D eigenvalue weighted by Crippen LogP contribution is -2.32. The largest absolute Gasteiger partial charge is 0.370 e. The van der Waals surface area contributed by atoms with Crippen molar-refractivity contribution in [3.63, 3.8) is 0 Å². The summed E-state index contributed by atoms with van der Waals surface area (Å²) in [7, 11) is 2.03. The van der Waals surface area contributed by atoms with Crippen LogP contribution in [0.3, 0.4) is 0 Å². The third-order valence-corrected chi connectivity index (χ3v) is 4.40. The molecule has 0 spiro atoms. The molecule has 0 saturated carbocycles. The van der Waals surface area contributed by atoms with Crippen LogP contribution in [0, 0.1) is 0 Å². The maximum atomic E-state index is 4.15. The van der Waals surface area contributed by atoms with Crippen LogP contribution < -0.4 is 10.2 Å². The molecular weight excluding hydrogens is 316 g/mol. The lowest BCUT2D eigenvalue weighted by molar-refractivity contribution is 0.538. The molecule has 3 rings (SSSR count). The van der Waals surface area contributed by atoms with Crippen LogP contribution in [0.4, 0.5) is 5.69 Å². The van der Waals surface area contributed by atoms with Crippen LogP contribution >= 0.6 is 15.9 Å². The van der Waals surface area contributed by atoms with Gasteiger partial charge in [0.05, 0.1) is 12.0 Å². The highest BCUT2D eigenvalue weighted by molar-refractivity contribution is 9.10. The minimum atomic E-state index is 0.550. The third kappa shape index (κ3) is 3.04. The van der Waals surface area contributed by atoms with Crippen molar-refractivity contribution in [2.75, 3.05) is 18.0 Å². The maximum absolute atomic E-state index is 4.15. The molecule has 1 aliphatic heterocycles. The monoisotopic (exact) mass is 334 g/mol. The van der Waals surface area contributed by atoms with Gasteiger partial charge in [0.25, 0.3) is 0 Å². The van der Waals surface area contributed by atoms with Gasteiger partial charge in [-0.1, -0.05) is 15.9 Å². The summed E-state index contributed by atoms with van der Waals surface area (Å²) in [6.45, 7) is 3.07. The van der Waals surface area contributed by atoms with Crippen LogP contribution in [-0.2, 0) is 13.6 Å². The Morgan fingerprint density at radius 1 is 1.35 bits per heavy atom. The predicted molar refractivity (Wildman–Crippen MR) is 84.8 cm³/mol. The van der Waals surface area contributed by atoms with Crippen LogP contribution in [-0.4, -0.2) is 28.7 Å². The number of anilines is 1. The summed E-state index contributed by atoms with van der Waals surface area (Å²) in [6.07, 6.45) is 4.96. The number of aromatic nitrogens is 2. The van der Waals surface area contributed by atoms with Crippen LogP contribution in [0.25, 0.3) is 0 Å². The van der Waals surface area contributed by atoms with Gasteiger partial charge in [-0.2, -0.15) is 0 Å². The number of aryl methyl sites for hydroxylation is 1. The summed E-state index contributed by atoms with van der Waals surface area (Å²) in [4.78, 5) is 6.58. The molecule has 5 heteroatoms. The molecule has 0 bridgehead atoms. The lowest BCUT2D eigenvalue weighted by atomic mass is 10.2. The Labute approximate surface area is 127 Å². The van der Waals surface area contributed by atoms with E-state index in [4.69, 9.17) is 0 Å². The third-order valence-electron chi connectivity index (χ3n) is 3.87. The average Bonchev–Trinajstić information content (AvgIpc) is 3.06. The number of halogens is 1. The second-order valence-electron chi connectivity index (χ2n) is 5.28. The van der Waals surface area contributed by atoms with Gasteiger partial charge < -0.3 is 14.8 Å². The Morgan fingerprint density at radius 2 is 2.15 bits per heavy atom. The van der Waals surface area contributed by atoms with Crippen molar-refractivity contribution in [2.24, 2.45) is 7.05 Å². The van der Waals surface area contributed by atoms with Crippen molar-refractivity contribution in [3.8, 4) is 0 Å². The molecule has 1 fully saturated rings. The van der Waals surface area contributed by atoms with Crippen molar-refractivity contribution in [1.29, 1.82) is 0 Å². The van der Waals surface area contributed by atoms with Crippen molar-refractivity contribution in [2.45, 2.75) is 19.0 Å². The number of nitrogens with one attached hydrogen (secondary N) is 1. The molecule has 2 heterocycles. The second kappa shape index (κ2) is 5.97. The van der Waals surface area contributed by atoms with Crippen LogP contribution in [0.15, 0.2) is 41.3 Å². The number of rotatable bonds is 4. The fourth-order valence-corrected chi connectivity index (χ4v) is 2.88. The molecule has 1 aromatic carbocycles. The molecular formula is C15H19BrN4. The Kier molecular flexibility index (Phi) is 4.08. The first-order chi connectivity index (χ1) is 9.72. The average molecular weight is 335 g/mol. The van der Waals surface area contributed by atoms with Gasteiger partial charge in [0, 0.05) is 49.1 Å². The SMILES string of the molecule is Cn1cncc1CN[C@H]1CCN(c2ccc(Br)cc2)C1. The molecule has 0 amide bonds. The summed E-state index contributed by atoms with van der Waals surface area (Å²) < 4.78 is 3.19. The van der Waals surface area contributed by atoms with Crippen molar-refractivity contribution in [3.05, 3.63) is 47.0 Å². The number of hydrogen-bond donors (Lipinski definition) is 1. The van der Waals surface area contributed by atoms with Gasteiger partial charge in [0.15, 0.2) is 0 Å². The first kappa shape index (κ1) is 13.6. The molecule has 0 aliphatic carbocycles. The van der Waals surface area contributed by atoms with E-state index in [2.05, 4.69) is 60.0 Å². The number of nitrogens with zero attached hydrogens (tertiary/aromatic N) is 3. The van der Waals surface area contributed by atoms with Gasteiger partial charge in [-0.3, -0.25) is 0 Å². The molecule has 4 nitrogen and oxygen atoms in total. The molecule has 0 radical (unpaired) electrons. The van der Waals surface area contributed by atoms with E-state index in [0.717, 1.165) is 24.1 Å². The minimum Gasteiger partial charge on any atom is -0.370 e. The van der Waals surface area contributed by atoms with Crippen molar-refractivity contribution >= 4 is 21.6 Å². The van der Waals surface area contributed by atoms with E-state index in [1.54, 1.807) is 0 Å². The molecule has 1 N–H and O–H groups in total. The van der Waals surface area contributed by atoms with Gasteiger partial charge in [-0.05, 0) is 30.7 Å². The van der Waals surface area contributed by atoms with E-state index >= 15 is 0 Å². The Balaban J connectivity index is 1.54. The van der Waals surface area contributed by atoms with Gasteiger partial charge >= 0.3 is 0 Å². The number of imidazole rings is 1. The molecule has 1 atom stereocenters. The minimum absolute atomic E-state index is 0.550. The molecule has 2 aromatic rings. The van der Waals surface area contributed by atoms with E-state index in [1.807, 2.05) is 19.6 Å². The molecule has 1 aromatic heterocycles. The number of benzene rings is 1. The standard InChI is InChI=1S/C15H19BrN4/c1-19-11-17-8-15(19)9-18-13-6-7-20(10-13)14-4-2-12(16)3-5-14/h2-5,8,11,13,18H,6-7,9-10H2,1H3/t13-/m0/s1. The highest BCUT2D eigenvalue weighted by atomic mass is 79.9. The Hall–Kier alpha value is -1.33. The fraction of sp³-hybridized carbons (Fsp3) is 0.400. The van der Waals surface area contributed by atoms with Crippen LogP contribution in [0.5, 0.6) is 0 Å². The smallest absolute Gasteiger partial charge is 0.0945 e. The first-order valence-electron chi connectivity index (χ1n) is 6.91. The second-order valence-corrected chi connectivity index (χ2v) is 6.20. The summed E-state index contributed by atoms with van der Waals surface area (Å²) >= 11 is 3.48. The van der Waals surface area contributed by atoms with E-state index < -0.39 is 0 Å². The topological polar surface area (TPSA) is 33.1 Å². The fourth-order valence-electron chi connectivity index (χ4n) is 2.62. The van der Waals surface area contributed by atoms with Crippen molar-refractivity contribution in [1.82, 2.24) is 14.9 Å². The maximum Gasteiger partial charge on any atom is 0.0945 e. The molecule has 106 valence electrons. The predicted octanol–water partition coefficient (Wildman–Crippen LogP) is 2.55. The van der Waals surface area contributed by atoms with E-state index in [1.165, 1.54) is 17.8 Å². The normalized spacial score (nSPS) is 18.7. The van der Waals surface area contributed by atoms with Gasteiger partial charge in [0.2, 0.25) is 0 Å². The Bertz CT molecular complexity index is 564. The van der Waals surface area contributed by atoms with Gasteiger partial charge in [-0.25, -0.2) is 4.98 Å². The Morgan fingerprint density at radius 3 is 2.85 bits per heavy atom. The summed E-state index contributed by atoms with van der Waals surface area (Å²) in [5, 5.41) is 3.62. The highest BCUT2D eigenvalue weighted by Crippen LogP contribution is 2.22. The zero-order valence-electron chi connectivity index (χ0n) is 11.6. The molecule has 20 heavy (non-hydrogen) atoms. The number of hydrogen-bond acceptors (Lipinski definition) is 3. The summed E-state index contributed by atoms with van der Waals surface area (Å²) in [5.41, 5.74) is 2.53. The van der Waals surface area contributed by atoms with E-state index in [9.17, 15) is 0 Å². The van der Waals surface area contributed by atoms with Gasteiger partial charge in [0.1, 0.15) is 0 Å². The van der Waals surface area contributed by atoms with Crippen LogP contribution in [0.2, 0.25) is 0 Å². The lowest BCUT2D eigenvalue weighted by Gasteiger charge is -2.19. The summed E-state index contributed by atoms with van der Waals surface area (Å²) in [5.74, 6) is 0.